The highest BCUT2D eigenvalue weighted by atomic mass is 16.4. The number of unbranched alkanes of at least 4 members (excludes halogenated alkanes) is 1. The SMILES string of the molecule is CC(C)CC(NC(=O)C(CCCCN)NC(=O)C(NC(=O)C(N)CCC(N)=O)C(C)O)C(=O)O. The van der Waals surface area contributed by atoms with Gasteiger partial charge in [0.2, 0.25) is 23.6 Å². The first-order chi connectivity index (χ1) is 15.8. The second-order valence-electron chi connectivity index (χ2n) is 8.71. The molecule has 13 nitrogen and oxygen atoms in total. The van der Waals surface area contributed by atoms with Crippen LogP contribution in [0.4, 0.5) is 0 Å². The van der Waals surface area contributed by atoms with E-state index in [4.69, 9.17) is 17.2 Å². The molecule has 13 heteroatoms. The van der Waals surface area contributed by atoms with Crippen LogP contribution in [0.25, 0.3) is 0 Å². The molecular weight excluding hydrogens is 448 g/mol. The lowest BCUT2D eigenvalue weighted by atomic mass is 10.0. The summed E-state index contributed by atoms with van der Waals surface area (Å²) in [6.07, 6.45) is -0.120. The third kappa shape index (κ3) is 12.5. The van der Waals surface area contributed by atoms with Crippen molar-refractivity contribution in [2.45, 2.75) is 89.6 Å². The second kappa shape index (κ2) is 16.0. The van der Waals surface area contributed by atoms with E-state index >= 15 is 0 Å². The molecule has 34 heavy (non-hydrogen) atoms. The largest absolute Gasteiger partial charge is 0.480 e. The Morgan fingerprint density at radius 2 is 1.44 bits per heavy atom. The molecule has 0 aromatic carbocycles. The number of carbonyl (C=O) groups is 5. The van der Waals surface area contributed by atoms with E-state index in [0.29, 0.717) is 19.4 Å². The number of nitrogens with one attached hydrogen (secondary N) is 3. The minimum Gasteiger partial charge on any atom is -0.480 e. The van der Waals surface area contributed by atoms with Gasteiger partial charge in [0.25, 0.3) is 0 Å². The monoisotopic (exact) mass is 488 g/mol. The molecule has 0 fully saturated rings. The number of amides is 4. The molecule has 0 aromatic rings. The normalized spacial score (nSPS) is 15.5. The quantitative estimate of drug-likeness (QED) is 0.102. The molecule has 11 N–H and O–H groups in total. The van der Waals surface area contributed by atoms with Gasteiger partial charge in [-0.15, -0.1) is 0 Å². The second-order valence-corrected chi connectivity index (χ2v) is 8.71. The van der Waals surface area contributed by atoms with Gasteiger partial charge in [0.15, 0.2) is 0 Å². The van der Waals surface area contributed by atoms with Crippen molar-refractivity contribution in [2.24, 2.45) is 23.1 Å². The molecule has 0 rings (SSSR count). The molecule has 5 unspecified atom stereocenters. The lowest BCUT2D eigenvalue weighted by Gasteiger charge is -2.26. The summed E-state index contributed by atoms with van der Waals surface area (Å²) < 4.78 is 0. The third-order valence-electron chi connectivity index (χ3n) is 5.00. The van der Waals surface area contributed by atoms with Crippen LogP contribution in [0.15, 0.2) is 0 Å². The van der Waals surface area contributed by atoms with Crippen LogP contribution in [0.5, 0.6) is 0 Å². The fourth-order valence-electron chi connectivity index (χ4n) is 3.08. The molecule has 5 atom stereocenters. The Balaban J connectivity index is 5.41. The van der Waals surface area contributed by atoms with E-state index in [-0.39, 0.29) is 31.6 Å². The van der Waals surface area contributed by atoms with Crippen molar-refractivity contribution >= 4 is 29.6 Å². The first kappa shape index (κ1) is 31.2. The van der Waals surface area contributed by atoms with E-state index in [0.717, 1.165) is 0 Å². The van der Waals surface area contributed by atoms with E-state index in [1.807, 2.05) is 13.8 Å². The Morgan fingerprint density at radius 1 is 0.853 bits per heavy atom. The number of aliphatic hydroxyl groups excluding tert-OH is 1. The van der Waals surface area contributed by atoms with Crippen LogP contribution in [0.3, 0.4) is 0 Å². The van der Waals surface area contributed by atoms with Crippen molar-refractivity contribution in [3.8, 4) is 0 Å². The molecule has 0 saturated carbocycles. The van der Waals surface area contributed by atoms with Gasteiger partial charge in [-0.3, -0.25) is 19.2 Å². The summed E-state index contributed by atoms with van der Waals surface area (Å²) in [5.41, 5.74) is 16.2. The highest BCUT2D eigenvalue weighted by Crippen LogP contribution is 2.08. The molecule has 0 spiro atoms. The first-order valence-electron chi connectivity index (χ1n) is 11.4. The van der Waals surface area contributed by atoms with Crippen LogP contribution >= 0.6 is 0 Å². The number of nitrogens with two attached hydrogens (primary N) is 3. The van der Waals surface area contributed by atoms with E-state index in [2.05, 4.69) is 16.0 Å². The van der Waals surface area contributed by atoms with Crippen molar-refractivity contribution in [1.29, 1.82) is 0 Å². The van der Waals surface area contributed by atoms with Crippen LogP contribution < -0.4 is 33.2 Å². The summed E-state index contributed by atoms with van der Waals surface area (Å²) in [6, 6.07) is -4.84. The topological polar surface area (TPSA) is 240 Å². The third-order valence-corrected chi connectivity index (χ3v) is 5.00. The van der Waals surface area contributed by atoms with Gasteiger partial charge in [-0.05, 0) is 51.5 Å². The predicted molar refractivity (Wildman–Crippen MR) is 124 cm³/mol. The number of primary amides is 1. The lowest BCUT2D eigenvalue weighted by Crippen LogP contribution is -2.59. The van der Waals surface area contributed by atoms with Crippen molar-refractivity contribution in [3.63, 3.8) is 0 Å². The lowest BCUT2D eigenvalue weighted by molar-refractivity contribution is -0.143. The van der Waals surface area contributed by atoms with Gasteiger partial charge >= 0.3 is 5.97 Å². The van der Waals surface area contributed by atoms with E-state index in [9.17, 15) is 34.2 Å². The maximum Gasteiger partial charge on any atom is 0.326 e. The molecule has 0 aromatic heterocycles. The molecule has 0 aliphatic heterocycles. The summed E-state index contributed by atoms with van der Waals surface area (Å²) in [5, 5.41) is 26.7. The van der Waals surface area contributed by atoms with Gasteiger partial charge in [-0.1, -0.05) is 13.8 Å². The van der Waals surface area contributed by atoms with Crippen LogP contribution in [0, 0.1) is 5.92 Å². The van der Waals surface area contributed by atoms with Crippen molar-refractivity contribution in [2.75, 3.05) is 6.54 Å². The Hall–Kier alpha value is -2.77. The van der Waals surface area contributed by atoms with Gasteiger partial charge in [-0.2, -0.15) is 0 Å². The number of rotatable bonds is 17. The molecule has 0 saturated heterocycles. The fraction of sp³-hybridized carbons (Fsp3) is 0.762. The Kier molecular flexibility index (Phi) is 14.7. The zero-order valence-corrected chi connectivity index (χ0v) is 20.1. The van der Waals surface area contributed by atoms with Crippen LogP contribution in [-0.4, -0.2) is 76.6 Å². The number of carboxylic acids is 1. The zero-order chi connectivity index (χ0) is 26.4. The zero-order valence-electron chi connectivity index (χ0n) is 20.1. The number of aliphatic hydroxyl groups is 1. The van der Waals surface area contributed by atoms with E-state index < -0.39 is 59.9 Å². The average molecular weight is 489 g/mol. The van der Waals surface area contributed by atoms with Crippen LogP contribution in [-0.2, 0) is 24.0 Å². The van der Waals surface area contributed by atoms with Crippen molar-refractivity contribution in [3.05, 3.63) is 0 Å². The Morgan fingerprint density at radius 3 is 1.91 bits per heavy atom. The van der Waals surface area contributed by atoms with Gasteiger partial charge in [0, 0.05) is 6.42 Å². The molecule has 0 aliphatic carbocycles. The smallest absolute Gasteiger partial charge is 0.326 e. The van der Waals surface area contributed by atoms with Crippen molar-refractivity contribution in [1.82, 2.24) is 16.0 Å². The molecule has 0 aliphatic rings. The van der Waals surface area contributed by atoms with Crippen LogP contribution in [0.2, 0.25) is 0 Å². The predicted octanol–water partition coefficient (Wildman–Crippen LogP) is -2.33. The Labute approximate surface area is 199 Å². The molecule has 0 heterocycles. The number of carboxylic acid groups (broad SMARTS) is 1. The van der Waals surface area contributed by atoms with Gasteiger partial charge in [-0.25, -0.2) is 4.79 Å². The maximum atomic E-state index is 12.8. The van der Waals surface area contributed by atoms with Crippen molar-refractivity contribution < 1.29 is 34.2 Å². The molecule has 0 radical (unpaired) electrons. The van der Waals surface area contributed by atoms with Gasteiger partial charge in [0.1, 0.15) is 18.1 Å². The summed E-state index contributed by atoms with van der Waals surface area (Å²) in [4.78, 5) is 60.3. The maximum absolute atomic E-state index is 12.8. The first-order valence-corrected chi connectivity index (χ1v) is 11.4. The standard InChI is InChI=1S/C21H40N6O7/c1-11(2)10-15(21(33)34)26-19(31)14(6-4-5-9-22)25-20(32)17(12(3)28)27-18(30)13(23)7-8-16(24)29/h11-15,17,28H,4-10,22-23H2,1-3H3,(H2,24,29)(H,25,32)(H,26,31)(H,27,30)(H,33,34). The molecular formula is C21H40N6O7. The highest BCUT2D eigenvalue weighted by molar-refractivity contribution is 5.94. The number of hydrogen-bond acceptors (Lipinski definition) is 8. The minimum atomic E-state index is -1.44. The molecule has 4 amide bonds. The summed E-state index contributed by atoms with van der Waals surface area (Å²) in [5.74, 6) is -4.18. The summed E-state index contributed by atoms with van der Waals surface area (Å²) in [7, 11) is 0. The molecule has 196 valence electrons. The Bertz CT molecular complexity index is 701. The minimum absolute atomic E-state index is 0.000265. The van der Waals surface area contributed by atoms with E-state index in [1.165, 1.54) is 6.92 Å². The summed E-state index contributed by atoms with van der Waals surface area (Å²) in [6.45, 7) is 5.26. The number of aliphatic carboxylic acids is 1. The number of carbonyl (C=O) groups excluding carboxylic acids is 4. The highest BCUT2D eigenvalue weighted by Gasteiger charge is 2.32. The molecule has 0 bridgehead atoms. The van der Waals surface area contributed by atoms with Gasteiger partial charge < -0.3 is 43.4 Å². The number of hydrogen-bond donors (Lipinski definition) is 8. The average Bonchev–Trinajstić information content (AvgIpc) is 2.73. The summed E-state index contributed by atoms with van der Waals surface area (Å²) >= 11 is 0. The van der Waals surface area contributed by atoms with E-state index in [1.54, 1.807) is 0 Å². The van der Waals surface area contributed by atoms with Gasteiger partial charge in [0.05, 0.1) is 12.1 Å². The van der Waals surface area contributed by atoms with Crippen LogP contribution in [0.1, 0.15) is 59.3 Å². The fourth-order valence-corrected chi connectivity index (χ4v) is 3.08.